The number of hydrogen-bond donors (Lipinski definition) is 1. The standard InChI is InChI=1S/C29H34IN3O2/c1-3-32(4-2)29(35)23-10-12-24(13-11-23)33(28-20-26(34)14-15-27(28)30)25-16-18-31(19-17-25)21-22-8-6-5-7-9-22/h5-15,20,25,34H,3-4,16-19,21H2,1-2H3. The molecule has 1 amide bonds. The van der Waals surface area contributed by atoms with Gasteiger partial charge in [-0.2, -0.15) is 0 Å². The maximum absolute atomic E-state index is 12.8. The first-order chi connectivity index (χ1) is 17.0. The summed E-state index contributed by atoms with van der Waals surface area (Å²) in [5.41, 5.74) is 4.11. The predicted octanol–water partition coefficient (Wildman–Crippen LogP) is 6.28. The van der Waals surface area contributed by atoms with Gasteiger partial charge in [0.15, 0.2) is 0 Å². The predicted molar refractivity (Wildman–Crippen MR) is 151 cm³/mol. The molecule has 0 aromatic heterocycles. The van der Waals surface area contributed by atoms with E-state index in [0.29, 0.717) is 24.7 Å². The van der Waals surface area contributed by atoms with Crippen LogP contribution in [0.15, 0.2) is 72.8 Å². The molecule has 35 heavy (non-hydrogen) atoms. The van der Waals surface area contributed by atoms with Gasteiger partial charge in [0, 0.05) is 59.7 Å². The average molecular weight is 584 g/mol. The highest BCUT2D eigenvalue weighted by Gasteiger charge is 2.28. The van der Waals surface area contributed by atoms with Crippen LogP contribution in [-0.4, -0.2) is 53.0 Å². The van der Waals surface area contributed by atoms with E-state index in [1.54, 1.807) is 6.07 Å². The summed E-state index contributed by atoms with van der Waals surface area (Å²) in [7, 11) is 0. The monoisotopic (exact) mass is 583 g/mol. The lowest BCUT2D eigenvalue weighted by molar-refractivity contribution is 0.0773. The second kappa shape index (κ2) is 11.9. The van der Waals surface area contributed by atoms with Gasteiger partial charge in [-0.05, 0) is 91.2 Å². The van der Waals surface area contributed by atoms with Gasteiger partial charge in [-0.25, -0.2) is 0 Å². The molecular formula is C29H34IN3O2. The number of hydrogen-bond acceptors (Lipinski definition) is 4. The van der Waals surface area contributed by atoms with Crippen LogP contribution in [0.25, 0.3) is 0 Å². The number of phenols is 1. The number of benzene rings is 3. The minimum absolute atomic E-state index is 0.0641. The molecule has 1 N–H and O–H groups in total. The Morgan fingerprint density at radius 1 is 0.971 bits per heavy atom. The minimum Gasteiger partial charge on any atom is -0.508 e. The Hall–Kier alpha value is -2.58. The first-order valence-corrected chi connectivity index (χ1v) is 13.5. The molecule has 1 aliphatic rings. The van der Waals surface area contributed by atoms with E-state index >= 15 is 0 Å². The third-order valence-electron chi connectivity index (χ3n) is 6.80. The van der Waals surface area contributed by atoms with Crippen molar-refractivity contribution in [3.05, 3.63) is 87.5 Å². The van der Waals surface area contributed by atoms with Crippen molar-refractivity contribution in [2.24, 2.45) is 0 Å². The molecule has 0 atom stereocenters. The van der Waals surface area contributed by atoms with Gasteiger partial charge in [0.2, 0.25) is 0 Å². The maximum Gasteiger partial charge on any atom is 0.253 e. The summed E-state index contributed by atoms with van der Waals surface area (Å²) in [6.45, 7) is 8.42. The molecule has 1 saturated heterocycles. The molecule has 0 spiro atoms. The highest BCUT2D eigenvalue weighted by molar-refractivity contribution is 14.1. The van der Waals surface area contributed by atoms with Crippen LogP contribution in [0.3, 0.4) is 0 Å². The molecule has 4 rings (SSSR count). The number of amides is 1. The maximum atomic E-state index is 12.8. The molecule has 0 aliphatic carbocycles. The van der Waals surface area contributed by atoms with Crippen molar-refractivity contribution in [2.45, 2.75) is 39.3 Å². The Kier molecular flexibility index (Phi) is 8.68. The van der Waals surface area contributed by atoms with Crippen LogP contribution in [-0.2, 0) is 6.54 Å². The van der Waals surface area contributed by atoms with E-state index in [0.717, 1.165) is 47.4 Å². The van der Waals surface area contributed by atoms with Crippen molar-refractivity contribution in [1.29, 1.82) is 0 Å². The number of anilines is 2. The van der Waals surface area contributed by atoms with Gasteiger partial charge in [-0.3, -0.25) is 9.69 Å². The lowest BCUT2D eigenvalue weighted by atomic mass is 10.00. The zero-order chi connectivity index (χ0) is 24.8. The fourth-order valence-corrected chi connectivity index (χ4v) is 5.46. The van der Waals surface area contributed by atoms with Gasteiger partial charge < -0.3 is 14.9 Å². The zero-order valence-corrected chi connectivity index (χ0v) is 22.7. The summed E-state index contributed by atoms with van der Waals surface area (Å²) in [6, 6.07) is 24.5. The number of carbonyl (C=O) groups excluding carboxylic acids is 1. The van der Waals surface area contributed by atoms with E-state index in [1.807, 2.05) is 55.1 Å². The Balaban J connectivity index is 1.57. The number of likely N-dealkylation sites (tertiary alicyclic amines) is 1. The Morgan fingerprint density at radius 2 is 1.63 bits per heavy atom. The van der Waals surface area contributed by atoms with Crippen molar-refractivity contribution >= 4 is 39.9 Å². The van der Waals surface area contributed by atoms with E-state index < -0.39 is 0 Å². The van der Waals surface area contributed by atoms with Crippen LogP contribution in [0, 0.1) is 3.57 Å². The lowest BCUT2D eigenvalue weighted by Gasteiger charge is -2.40. The molecule has 0 radical (unpaired) electrons. The number of phenolic OH excluding ortho intramolecular Hbond substituents is 1. The third kappa shape index (κ3) is 6.16. The SMILES string of the molecule is CCN(CC)C(=O)c1ccc(N(c2cc(O)ccc2I)C2CCN(Cc3ccccc3)CC2)cc1. The van der Waals surface area contributed by atoms with Gasteiger partial charge >= 0.3 is 0 Å². The summed E-state index contributed by atoms with van der Waals surface area (Å²) < 4.78 is 1.09. The molecule has 6 heteroatoms. The van der Waals surface area contributed by atoms with Gasteiger partial charge in [0.05, 0.1) is 5.69 Å². The normalized spacial score (nSPS) is 14.6. The summed E-state index contributed by atoms with van der Waals surface area (Å²) in [4.78, 5) is 19.5. The lowest BCUT2D eigenvalue weighted by Crippen LogP contribution is -2.43. The van der Waals surface area contributed by atoms with Crippen molar-refractivity contribution in [3.63, 3.8) is 0 Å². The van der Waals surface area contributed by atoms with Crippen molar-refractivity contribution in [3.8, 4) is 5.75 Å². The quantitative estimate of drug-likeness (QED) is 0.317. The van der Waals surface area contributed by atoms with E-state index in [4.69, 9.17) is 0 Å². The Labute approximate surface area is 222 Å². The van der Waals surface area contributed by atoms with Crippen molar-refractivity contribution in [2.75, 3.05) is 31.1 Å². The van der Waals surface area contributed by atoms with E-state index in [-0.39, 0.29) is 11.7 Å². The highest BCUT2D eigenvalue weighted by Crippen LogP contribution is 2.37. The first-order valence-electron chi connectivity index (χ1n) is 12.4. The minimum atomic E-state index is 0.0641. The van der Waals surface area contributed by atoms with Gasteiger partial charge in [0.1, 0.15) is 5.75 Å². The molecular weight excluding hydrogens is 549 g/mol. The van der Waals surface area contributed by atoms with Crippen molar-refractivity contribution < 1.29 is 9.90 Å². The zero-order valence-electron chi connectivity index (χ0n) is 20.5. The number of rotatable bonds is 8. The number of nitrogens with zero attached hydrogens (tertiary/aromatic N) is 3. The molecule has 184 valence electrons. The van der Waals surface area contributed by atoms with E-state index in [9.17, 15) is 9.90 Å². The summed E-state index contributed by atoms with van der Waals surface area (Å²) in [5, 5.41) is 10.3. The van der Waals surface area contributed by atoms with E-state index in [1.165, 1.54) is 5.56 Å². The molecule has 1 aliphatic heterocycles. The van der Waals surface area contributed by atoms with Gasteiger partial charge in [-0.15, -0.1) is 0 Å². The van der Waals surface area contributed by atoms with Crippen molar-refractivity contribution in [1.82, 2.24) is 9.80 Å². The summed E-state index contributed by atoms with van der Waals surface area (Å²) in [6.07, 6.45) is 2.05. The summed E-state index contributed by atoms with van der Waals surface area (Å²) in [5.74, 6) is 0.328. The van der Waals surface area contributed by atoms with Gasteiger partial charge in [-0.1, -0.05) is 30.3 Å². The largest absolute Gasteiger partial charge is 0.508 e. The number of carbonyl (C=O) groups is 1. The third-order valence-corrected chi connectivity index (χ3v) is 7.72. The smallest absolute Gasteiger partial charge is 0.253 e. The number of halogens is 1. The second-order valence-corrected chi connectivity index (χ2v) is 10.2. The van der Waals surface area contributed by atoms with Gasteiger partial charge in [0.25, 0.3) is 5.91 Å². The fourth-order valence-electron chi connectivity index (χ4n) is 4.87. The molecule has 1 heterocycles. The molecule has 0 bridgehead atoms. The second-order valence-electron chi connectivity index (χ2n) is 9.02. The molecule has 0 unspecified atom stereocenters. The molecule has 5 nitrogen and oxygen atoms in total. The molecule has 3 aromatic rings. The Morgan fingerprint density at radius 3 is 2.26 bits per heavy atom. The first kappa shape index (κ1) is 25.5. The molecule has 3 aromatic carbocycles. The van der Waals surface area contributed by atoms with Crippen LogP contribution in [0.2, 0.25) is 0 Å². The molecule has 0 saturated carbocycles. The van der Waals surface area contributed by atoms with Crippen LogP contribution >= 0.6 is 22.6 Å². The fraction of sp³-hybridized carbons (Fsp3) is 0.345. The van der Waals surface area contributed by atoms with Crippen LogP contribution in [0.1, 0.15) is 42.6 Å². The van der Waals surface area contributed by atoms with Crippen LogP contribution < -0.4 is 4.90 Å². The highest BCUT2D eigenvalue weighted by atomic mass is 127. The molecule has 1 fully saturated rings. The summed E-state index contributed by atoms with van der Waals surface area (Å²) >= 11 is 2.35. The van der Waals surface area contributed by atoms with Crippen LogP contribution in [0.4, 0.5) is 11.4 Å². The average Bonchev–Trinajstić information content (AvgIpc) is 2.89. The number of aromatic hydroxyl groups is 1. The van der Waals surface area contributed by atoms with E-state index in [2.05, 4.69) is 62.7 Å². The number of piperidine rings is 1. The van der Waals surface area contributed by atoms with Crippen LogP contribution in [0.5, 0.6) is 5.75 Å². The Bertz CT molecular complexity index is 1110. The topological polar surface area (TPSA) is 47.0 Å².